The summed E-state index contributed by atoms with van der Waals surface area (Å²) < 4.78 is 0. The Morgan fingerprint density at radius 3 is 2.00 bits per heavy atom. The van der Waals surface area contributed by atoms with E-state index in [1.165, 1.54) is 81.9 Å². The molecular weight excluding hydrogens is 244 g/mol. The highest BCUT2D eigenvalue weighted by molar-refractivity contribution is 5.48. The minimum atomic E-state index is 0.636. The fourth-order valence-electron chi connectivity index (χ4n) is 3.14. The Bertz CT molecular complexity index is 363. The van der Waals surface area contributed by atoms with Crippen LogP contribution >= 0.6 is 0 Å². The van der Waals surface area contributed by atoms with Gasteiger partial charge in [0.15, 0.2) is 0 Å². The lowest BCUT2D eigenvalue weighted by atomic mass is 9.97. The minimum Gasteiger partial charge on any atom is -0.381 e. The van der Waals surface area contributed by atoms with Crippen molar-refractivity contribution in [2.45, 2.75) is 83.6 Å². The zero-order valence-electron chi connectivity index (χ0n) is 13.0. The van der Waals surface area contributed by atoms with E-state index in [1.54, 1.807) is 0 Å². The van der Waals surface area contributed by atoms with Gasteiger partial charge < -0.3 is 5.32 Å². The Hall–Kier alpha value is -1.05. The molecule has 1 saturated carbocycles. The molecule has 1 N–H and O–H groups in total. The van der Waals surface area contributed by atoms with Gasteiger partial charge in [0, 0.05) is 12.2 Å². The number of aryl methyl sites for hydroxylation is 1. The summed E-state index contributed by atoms with van der Waals surface area (Å²) in [7, 11) is 0. The van der Waals surface area contributed by atoms with Crippen molar-refractivity contribution in [2.24, 2.45) is 0 Å². The molecule has 1 heterocycles. The van der Waals surface area contributed by atoms with Crippen LogP contribution in [0.5, 0.6) is 0 Å². The molecule has 0 spiro atoms. The summed E-state index contributed by atoms with van der Waals surface area (Å²) >= 11 is 0. The fourth-order valence-corrected chi connectivity index (χ4v) is 3.14. The second-order valence-electron chi connectivity index (χ2n) is 6.29. The molecule has 1 aromatic heterocycles. The Balaban J connectivity index is 1.87. The van der Waals surface area contributed by atoms with E-state index in [9.17, 15) is 0 Å². The number of hydrogen-bond acceptors (Lipinski definition) is 2. The molecule has 0 aliphatic heterocycles. The van der Waals surface area contributed by atoms with Gasteiger partial charge in [-0.1, -0.05) is 57.8 Å². The molecular formula is C18H30N2. The fraction of sp³-hybridized carbons (Fsp3) is 0.722. The summed E-state index contributed by atoms with van der Waals surface area (Å²) in [5, 5.41) is 3.74. The van der Waals surface area contributed by atoms with E-state index in [0.717, 1.165) is 0 Å². The van der Waals surface area contributed by atoms with E-state index in [0.29, 0.717) is 6.04 Å². The van der Waals surface area contributed by atoms with Gasteiger partial charge in [0.05, 0.1) is 11.9 Å². The number of pyridine rings is 1. The van der Waals surface area contributed by atoms with Crippen molar-refractivity contribution in [3.8, 4) is 0 Å². The summed E-state index contributed by atoms with van der Waals surface area (Å²) in [6, 6.07) is 2.73. The molecule has 2 rings (SSSR count). The highest BCUT2D eigenvalue weighted by atomic mass is 14.9. The lowest BCUT2D eigenvalue weighted by molar-refractivity contribution is 0.480. The Morgan fingerprint density at radius 1 is 0.900 bits per heavy atom. The van der Waals surface area contributed by atoms with Crippen LogP contribution in [0.15, 0.2) is 18.5 Å². The van der Waals surface area contributed by atoms with Crippen LogP contribution in [0.25, 0.3) is 0 Å². The minimum absolute atomic E-state index is 0.636. The van der Waals surface area contributed by atoms with Crippen molar-refractivity contribution in [2.75, 3.05) is 5.32 Å². The maximum Gasteiger partial charge on any atom is 0.0558 e. The van der Waals surface area contributed by atoms with Crippen molar-refractivity contribution in [1.29, 1.82) is 0 Å². The normalized spacial score (nSPS) is 19.9. The van der Waals surface area contributed by atoms with E-state index in [1.807, 2.05) is 12.4 Å². The molecule has 0 bridgehead atoms. The molecule has 20 heavy (non-hydrogen) atoms. The molecule has 0 aromatic carbocycles. The number of rotatable bonds is 2. The van der Waals surface area contributed by atoms with E-state index >= 15 is 0 Å². The first-order chi connectivity index (χ1) is 9.86. The highest BCUT2D eigenvalue weighted by Gasteiger charge is 2.10. The first kappa shape index (κ1) is 15.3. The topological polar surface area (TPSA) is 24.9 Å². The van der Waals surface area contributed by atoms with Crippen LogP contribution in [-0.4, -0.2) is 11.0 Å². The number of nitrogens with one attached hydrogen (secondary N) is 1. The first-order valence-corrected chi connectivity index (χ1v) is 8.53. The standard InChI is InChI=1S/C18H30N2/c1-16-13-14-19-15-18(16)20-17-11-9-7-5-3-2-4-6-8-10-12-17/h13-15,17,20H,2-12H2,1H3. The van der Waals surface area contributed by atoms with E-state index in [2.05, 4.69) is 23.3 Å². The summed E-state index contributed by atoms with van der Waals surface area (Å²) in [6.45, 7) is 2.17. The average molecular weight is 274 g/mol. The molecule has 0 amide bonds. The van der Waals surface area contributed by atoms with Gasteiger partial charge in [-0.2, -0.15) is 0 Å². The first-order valence-electron chi connectivity index (χ1n) is 8.53. The van der Waals surface area contributed by atoms with Gasteiger partial charge in [-0.3, -0.25) is 4.98 Å². The smallest absolute Gasteiger partial charge is 0.0558 e. The monoisotopic (exact) mass is 274 g/mol. The summed E-state index contributed by atoms with van der Waals surface area (Å²) in [5.41, 5.74) is 2.54. The van der Waals surface area contributed by atoms with Gasteiger partial charge in [0.25, 0.3) is 0 Å². The number of hydrogen-bond donors (Lipinski definition) is 1. The van der Waals surface area contributed by atoms with Crippen molar-refractivity contribution >= 4 is 5.69 Å². The third-order valence-electron chi connectivity index (χ3n) is 4.50. The Labute approximate surface area is 124 Å². The van der Waals surface area contributed by atoms with Gasteiger partial charge in [-0.15, -0.1) is 0 Å². The molecule has 1 aliphatic carbocycles. The third kappa shape index (κ3) is 5.52. The van der Waals surface area contributed by atoms with Crippen molar-refractivity contribution in [1.82, 2.24) is 4.98 Å². The van der Waals surface area contributed by atoms with Crippen LogP contribution in [0.4, 0.5) is 5.69 Å². The molecule has 0 unspecified atom stereocenters. The SMILES string of the molecule is Cc1ccncc1NC1CCCCCCCCCCC1. The van der Waals surface area contributed by atoms with E-state index < -0.39 is 0 Å². The molecule has 112 valence electrons. The van der Waals surface area contributed by atoms with E-state index in [4.69, 9.17) is 0 Å². The zero-order chi connectivity index (χ0) is 14.0. The zero-order valence-corrected chi connectivity index (χ0v) is 13.0. The Morgan fingerprint density at radius 2 is 1.45 bits per heavy atom. The summed E-state index contributed by atoms with van der Waals surface area (Å²) in [4.78, 5) is 4.25. The number of nitrogens with zero attached hydrogens (tertiary/aromatic N) is 1. The molecule has 2 heteroatoms. The van der Waals surface area contributed by atoms with Crippen LogP contribution in [0.1, 0.15) is 76.2 Å². The Kier molecular flexibility index (Phi) is 6.90. The van der Waals surface area contributed by atoms with E-state index in [-0.39, 0.29) is 0 Å². The lowest BCUT2D eigenvalue weighted by Gasteiger charge is -2.21. The van der Waals surface area contributed by atoms with Gasteiger partial charge in [-0.05, 0) is 31.4 Å². The molecule has 0 atom stereocenters. The summed E-state index contributed by atoms with van der Waals surface area (Å²) in [6.07, 6.45) is 19.2. The van der Waals surface area contributed by atoms with Gasteiger partial charge in [-0.25, -0.2) is 0 Å². The van der Waals surface area contributed by atoms with Gasteiger partial charge >= 0.3 is 0 Å². The second-order valence-corrected chi connectivity index (χ2v) is 6.29. The predicted molar refractivity (Wildman–Crippen MR) is 87.2 cm³/mol. The molecule has 2 nitrogen and oxygen atoms in total. The molecule has 1 aliphatic rings. The van der Waals surface area contributed by atoms with Crippen LogP contribution in [-0.2, 0) is 0 Å². The van der Waals surface area contributed by atoms with Crippen LogP contribution in [0.2, 0.25) is 0 Å². The van der Waals surface area contributed by atoms with Crippen molar-refractivity contribution in [3.63, 3.8) is 0 Å². The maximum absolute atomic E-state index is 4.25. The van der Waals surface area contributed by atoms with Gasteiger partial charge in [0.1, 0.15) is 0 Å². The largest absolute Gasteiger partial charge is 0.381 e. The van der Waals surface area contributed by atoms with Crippen molar-refractivity contribution < 1.29 is 0 Å². The number of aromatic nitrogens is 1. The second kappa shape index (κ2) is 8.99. The van der Waals surface area contributed by atoms with Crippen LogP contribution in [0.3, 0.4) is 0 Å². The average Bonchev–Trinajstić information content (AvgIpc) is 2.44. The van der Waals surface area contributed by atoms with Crippen molar-refractivity contribution in [3.05, 3.63) is 24.0 Å². The third-order valence-corrected chi connectivity index (χ3v) is 4.50. The summed E-state index contributed by atoms with van der Waals surface area (Å²) in [5.74, 6) is 0. The lowest BCUT2D eigenvalue weighted by Crippen LogP contribution is -2.20. The molecule has 0 saturated heterocycles. The molecule has 1 fully saturated rings. The highest BCUT2D eigenvalue weighted by Crippen LogP contribution is 2.21. The quantitative estimate of drug-likeness (QED) is 0.773. The molecule has 0 radical (unpaired) electrons. The van der Waals surface area contributed by atoms with Crippen LogP contribution in [0, 0.1) is 6.92 Å². The predicted octanol–water partition coefficient (Wildman–Crippen LogP) is 5.48. The van der Waals surface area contributed by atoms with Crippen LogP contribution < -0.4 is 5.32 Å². The maximum atomic E-state index is 4.25. The van der Waals surface area contributed by atoms with Gasteiger partial charge in [0.2, 0.25) is 0 Å². The number of anilines is 1. The molecule has 1 aromatic rings.